The Kier molecular flexibility index (Phi) is 3.66. The van der Waals surface area contributed by atoms with Crippen molar-refractivity contribution in [2.45, 2.75) is 39.0 Å². The molecule has 2 fully saturated rings. The van der Waals surface area contributed by atoms with Gasteiger partial charge in [-0.05, 0) is 43.4 Å². The molecule has 2 saturated carbocycles. The van der Waals surface area contributed by atoms with Gasteiger partial charge in [-0.15, -0.1) is 0 Å². The molecule has 0 amide bonds. The SMILES string of the molecule is CCc1c(Cl)ncnc1N(C)CC1CC2CCC1C2. The highest BCUT2D eigenvalue weighted by molar-refractivity contribution is 6.30. The van der Waals surface area contributed by atoms with E-state index in [1.807, 2.05) is 0 Å². The number of rotatable bonds is 4. The predicted octanol–water partition coefficient (Wildman–Crippen LogP) is 3.56. The Bertz CT molecular complexity index is 463. The summed E-state index contributed by atoms with van der Waals surface area (Å²) in [6.07, 6.45) is 8.24. The Hall–Kier alpha value is -0.830. The van der Waals surface area contributed by atoms with Crippen molar-refractivity contribution in [3.05, 3.63) is 17.0 Å². The lowest BCUT2D eigenvalue weighted by Gasteiger charge is -2.29. The quantitative estimate of drug-likeness (QED) is 0.789. The van der Waals surface area contributed by atoms with Crippen LogP contribution in [0.5, 0.6) is 0 Å². The summed E-state index contributed by atoms with van der Waals surface area (Å²) < 4.78 is 0. The van der Waals surface area contributed by atoms with Crippen molar-refractivity contribution in [1.82, 2.24) is 9.97 Å². The third kappa shape index (κ3) is 2.45. The number of aromatic nitrogens is 2. The van der Waals surface area contributed by atoms with Gasteiger partial charge in [0.05, 0.1) is 0 Å². The van der Waals surface area contributed by atoms with Crippen molar-refractivity contribution in [1.29, 1.82) is 0 Å². The van der Waals surface area contributed by atoms with Crippen LogP contribution in [-0.2, 0) is 6.42 Å². The first kappa shape index (κ1) is 13.2. The van der Waals surface area contributed by atoms with Gasteiger partial charge in [-0.1, -0.05) is 24.9 Å². The first-order valence-corrected chi connectivity index (χ1v) is 7.77. The van der Waals surface area contributed by atoms with Crippen molar-refractivity contribution in [2.75, 3.05) is 18.5 Å². The van der Waals surface area contributed by atoms with E-state index in [-0.39, 0.29) is 0 Å². The first-order chi connectivity index (χ1) is 9.19. The van der Waals surface area contributed by atoms with Gasteiger partial charge < -0.3 is 4.90 Å². The molecule has 2 aliphatic carbocycles. The first-order valence-electron chi connectivity index (χ1n) is 7.39. The molecule has 2 aliphatic rings. The largest absolute Gasteiger partial charge is 0.359 e. The molecule has 1 aromatic rings. The second-order valence-electron chi connectivity index (χ2n) is 6.14. The molecular formula is C15H22ClN3. The Balaban J connectivity index is 1.73. The lowest BCUT2D eigenvalue weighted by Crippen LogP contribution is -2.30. The van der Waals surface area contributed by atoms with E-state index in [4.69, 9.17) is 11.6 Å². The molecule has 0 aliphatic heterocycles. The highest BCUT2D eigenvalue weighted by Crippen LogP contribution is 2.48. The summed E-state index contributed by atoms with van der Waals surface area (Å²) in [6.45, 7) is 3.22. The molecular weight excluding hydrogens is 258 g/mol. The van der Waals surface area contributed by atoms with Crippen LogP contribution in [0.25, 0.3) is 0 Å². The van der Waals surface area contributed by atoms with E-state index in [9.17, 15) is 0 Å². The van der Waals surface area contributed by atoms with E-state index in [2.05, 4.69) is 28.8 Å². The van der Waals surface area contributed by atoms with Crippen LogP contribution in [0.3, 0.4) is 0 Å². The zero-order valence-corrected chi connectivity index (χ0v) is 12.5. The summed E-state index contributed by atoms with van der Waals surface area (Å²) in [6, 6.07) is 0. The molecule has 3 unspecified atom stereocenters. The number of fused-ring (bicyclic) bond motifs is 2. The Morgan fingerprint density at radius 3 is 2.79 bits per heavy atom. The van der Waals surface area contributed by atoms with E-state index in [1.54, 1.807) is 6.33 Å². The minimum Gasteiger partial charge on any atom is -0.359 e. The minimum absolute atomic E-state index is 0.604. The Morgan fingerprint density at radius 2 is 2.16 bits per heavy atom. The van der Waals surface area contributed by atoms with Gasteiger partial charge in [0.2, 0.25) is 0 Å². The maximum atomic E-state index is 6.18. The van der Waals surface area contributed by atoms with Gasteiger partial charge in [0.15, 0.2) is 0 Å². The van der Waals surface area contributed by atoms with E-state index in [0.717, 1.165) is 42.1 Å². The summed E-state index contributed by atoms with van der Waals surface area (Å²) in [4.78, 5) is 10.8. The summed E-state index contributed by atoms with van der Waals surface area (Å²) in [5.74, 6) is 3.82. The van der Waals surface area contributed by atoms with Gasteiger partial charge in [0.1, 0.15) is 17.3 Å². The average Bonchev–Trinajstić information content (AvgIpc) is 3.00. The zero-order chi connectivity index (χ0) is 13.4. The van der Waals surface area contributed by atoms with E-state index >= 15 is 0 Å². The molecule has 0 radical (unpaired) electrons. The van der Waals surface area contributed by atoms with E-state index in [1.165, 1.54) is 25.7 Å². The topological polar surface area (TPSA) is 29.0 Å². The van der Waals surface area contributed by atoms with Gasteiger partial charge in [-0.3, -0.25) is 0 Å². The Morgan fingerprint density at radius 1 is 1.32 bits per heavy atom. The molecule has 0 N–H and O–H groups in total. The molecule has 0 spiro atoms. The maximum Gasteiger partial charge on any atom is 0.137 e. The highest BCUT2D eigenvalue weighted by Gasteiger charge is 2.39. The van der Waals surface area contributed by atoms with Crippen molar-refractivity contribution in [2.24, 2.45) is 17.8 Å². The monoisotopic (exact) mass is 279 g/mol. The summed E-state index contributed by atoms with van der Waals surface area (Å²) >= 11 is 6.18. The van der Waals surface area contributed by atoms with Gasteiger partial charge in [-0.25, -0.2) is 9.97 Å². The third-order valence-electron chi connectivity index (χ3n) is 4.98. The van der Waals surface area contributed by atoms with E-state index < -0.39 is 0 Å². The van der Waals surface area contributed by atoms with Crippen LogP contribution >= 0.6 is 11.6 Å². The molecule has 3 nitrogen and oxygen atoms in total. The van der Waals surface area contributed by atoms with Gasteiger partial charge in [0.25, 0.3) is 0 Å². The summed E-state index contributed by atoms with van der Waals surface area (Å²) in [7, 11) is 2.14. The standard InChI is InChI=1S/C15H22ClN3/c1-3-13-14(16)17-9-18-15(13)19(2)8-12-7-10-4-5-11(12)6-10/h9-12H,3-8H2,1-2H3. The lowest BCUT2D eigenvalue weighted by molar-refractivity contribution is 0.337. The molecule has 0 saturated heterocycles. The van der Waals surface area contributed by atoms with Gasteiger partial charge >= 0.3 is 0 Å². The van der Waals surface area contributed by atoms with Crippen molar-refractivity contribution >= 4 is 17.4 Å². The molecule has 3 atom stereocenters. The fraction of sp³-hybridized carbons (Fsp3) is 0.733. The van der Waals surface area contributed by atoms with Crippen molar-refractivity contribution < 1.29 is 0 Å². The van der Waals surface area contributed by atoms with Crippen LogP contribution in [-0.4, -0.2) is 23.6 Å². The number of hydrogen-bond donors (Lipinski definition) is 0. The number of hydrogen-bond acceptors (Lipinski definition) is 3. The van der Waals surface area contributed by atoms with E-state index in [0.29, 0.717) is 5.15 Å². The van der Waals surface area contributed by atoms with Crippen LogP contribution in [0, 0.1) is 17.8 Å². The van der Waals surface area contributed by atoms with Crippen LogP contribution in [0.2, 0.25) is 5.15 Å². The fourth-order valence-corrected chi connectivity index (χ4v) is 4.32. The minimum atomic E-state index is 0.604. The molecule has 0 aromatic carbocycles. The third-order valence-corrected chi connectivity index (χ3v) is 5.30. The molecule has 4 heteroatoms. The smallest absolute Gasteiger partial charge is 0.137 e. The van der Waals surface area contributed by atoms with Crippen LogP contribution in [0.4, 0.5) is 5.82 Å². The molecule has 104 valence electrons. The molecule has 1 aromatic heterocycles. The molecule has 2 bridgehead atoms. The van der Waals surface area contributed by atoms with Gasteiger partial charge in [0, 0.05) is 19.2 Å². The fourth-order valence-electron chi connectivity index (χ4n) is 4.05. The van der Waals surface area contributed by atoms with Crippen LogP contribution < -0.4 is 4.90 Å². The second kappa shape index (κ2) is 5.28. The summed E-state index contributed by atoms with van der Waals surface area (Å²) in [5.41, 5.74) is 1.08. The molecule has 3 rings (SSSR count). The number of halogens is 1. The lowest BCUT2D eigenvalue weighted by atomic mass is 9.88. The van der Waals surface area contributed by atoms with Crippen molar-refractivity contribution in [3.8, 4) is 0 Å². The second-order valence-corrected chi connectivity index (χ2v) is 6.49. The van der Waals surface area contributed by atoms with Crippen LogP contribution in [0.1, 0.15) is 38.2 Å². The number of nitrogens with zero attached hydrogens (tertiary/aromatic N) is 3. The van der Waals surface area contributed by atoms with Crippen LogP contribution in [0.15, 0.2) is 6.33 Å². The Labute approximate surface area is 120 Å². The zero-order valence-electron chi connectivity index (χ0n) is 11.8. The molecule has 19 heavy (non-hydrogen) atoms. The summed E-state index contributed by atoms with van der Waals surface area (Å²) in [5, 5.41) is 0.604. The normalized spacial score (nSPS) is 28.9. The average molecular weight is 280 g/mol. The highest BCUT2D eigenvalue weighted by atomic mass is 35.5. The maximum absolute atomic E-state index is 6.18. The van der Waals surface area contributed by atoms with Crippen molar-refractivity contribution in [3.63, 3.8) is 0 Å². The number of anilines is 1. The van der Waals surface area contributed by atoms with Gasteiger partial charge in [-0.2, -0.15) is 0 Å². The predicted molar refractivity (Wildman–Crippen MR) is 78.6 cm³/mol. The molecule has 1 heterocycles.